The molecule has 1 amide bonds. The number of aromatic carboxylic acids is 1. The summed E-state index contributed by atoms with van der Waals surface area (Å²) in [5.41, 5.74) is -0.220. The minimum atomic E-state index is -1.26. The molecule has 0 radical (unpaired) electrons. The molecule has 0 atom stereocenters. The minimum absolute atomic E-state index is 0.00293. The van der Waals surface area contributed by atoms with Crippen LogP contribution in [0.3, 0.4) is 0 Å². The van der Waals surface area contributed by atoms with E-state index in [0.717, 1.165) is 0 Å². The van der Waals surface area contributed by atoms with Gasteiger partial charge in [0, 0.05) is 6.61 Å². The lowest BCUT2D eigenvalue weighted by Gasteiger charge is -2.11. The first-order valence-corrected chi connectivity index (χ1v) is 6.31. The second kappa shape index (κ2) is 7.33. The maximum atomic E-state index is 11.6. The Morgan fingerprint density at radius 3 is 2.53 bits per heavy atom. The molecule has 0 fully saturated rings. The van der Waals surface area contributed by atoms with E-state index >= 15 is 0 Å². The van der Waals surface area contributed by atoms with Crippen LogP contribution in [0, 0.1) is 0 Å². The summed E-state index contributed by atoms with van der Waals surface area (Å²) in [5, 5.41) is 11.7. The third-order valence-electron chi connectivity index (χ3n) is 2.26. The van der Waals surface area contributed by atoms with Crippen LogP contribution < -0.4 is 5.32 Å². The van der Waals surface area contributed by atoms with E-state index in [4.69, 9.17) is 33.0 Å². The van der Waals surface area contributed by atoms with Crippen LogP contribution >= 0.6 is 23.2 Å². The number of nitrogens with one attached hydrogen (secondary N) is 1. The van der Waals surface area contributed by atoms with Crippen LogP contribution in [0.15, 0.2) is 12.1 Å². The van der Waals surface area contributed by atoms with Crippen molar-refractivity contribution in [2.45, 2.75) is 13.3 Å². The second-order valence-corrected chi connectivity index (χ2v) is 4.39. The first-order valence-electron chi connectivity index (χ1n) is 5.56. The molecular weight excluding hydrogens is 293 g/mol. The molecular formula is C12H13Cl2NO4. The molecule has 19 heavy (non-hydrogen) atoms. The Balaban J connectivity index is 2.91. The molecule has 0 unspecified atom stereocenters. The zero-order valence-corrected chi connectivity index (χ0v) is 11.7. The Bertz CT molecular complexity index is 491. The fourth-order valence-electron chi connectivity index (χ4n) is 1.39. The van der Waals surface area contributed by atoms with Crippen molar-refractivity contribution in [2.24, 2.45) is 0 Å². The molecule has 5 nitrogen and oxygen atoms in total. The molecule has 0 heterocycles. The maximum absolute atomic E-state index is 11.6. The van der Waals surface area contributed by atoms with Crippen LogP contribution in [0.5, 0.6) is 0 Å². The number of hydrogen-bond acceptors (Lipinski definition) is 3. The van der Waals surface area contributed by atoms with E-state index in [2.05, 4.69) is 5.32 Å². The van der Waals surface area contributed by atoms with Gasteiger partial charge in [-0.15, -0.1) is 0 Å². The van der Waals surface area contributed by atoms with E-state index in [0.29, 0.717) is 6.61 Å². The molecule has 0 bridgehead atoms. The van der Waals surface area contributed by atoms with Crippen molar-refractivity contribution in [1.82, 2.24) is 0 Å². The van der Waals surface area contributed by atoms with E-state index in [1.165, 1.54) is 12.1 Å². The Morgan fingerprint density at radius 2 is 1.95 bits per heavy atom. The van der Waals surface area contributed by atoms with Crippen LogP contribution in [0.2, 0.25) is 10.0 Å². The topological polar surface area (TPSA) is 75.6 Å². The lowest BCUT2D eigenvalue weighted by molar-refractivity contribution is -0.117. The van der Waals surface area contributed by atoms with Gasteiger partial charge in [-0.2, -0.15) is 0 Å². The fraction of sp³-hybridized carbons (Fsp3) is 0.333. The third kappa shape index (κ3) is 4.38. The van der Waals surface area contributed by atoms with Crippen LogP contribution in [0.4, 0.5) is 5.69 Å². The first-order chi connectivity index (χ1) is 8.97. The number of amides is 1. The number of benzene rings is 1. The summed E-state index contributed by atoms with van der Waals surface area (Å²) < 4.78 is 5.04. The summed E-state index contributed by atoms with van der Waals surface area (Å²) in [5.74, 6) is -1.65. The molecule has 104 valence electrons. The molecule has 0 aliphatic rings. The number of carboxylic acid groups (broad SMARTS) is 1. The van der Waals surface area contributed by atoms with Crippen molar-refractivity contribution in [2.75, 3.05) is 18.5 Å². The number of carbonyl (C=O) groups is 2. The highest BCUT2D eigenvalue weighted by Gasteiger charge is 2.19. The fourth-order valence-corrected chi connectivity index (χ4v) is 1.84. The molecule has 7 heteroatoms. The van der Waals surface area contributed by atoms with E-state index < -0.39 is 5.97 Å². The zero-order valence-electron chi connectivity index (χ0n) is 10.2. The van der Waals surface area contributed by atoms with E-state index in [1.807, 2.05) is 6.92 Å². The highest BCUT2D eigenvalue weighted by atomic mass is 35.5. The van der Waals surface area contributed by atoms with Gasteiger partial charge < -0.3 is 15.2 Å². The summed E-state index contributed by atoms with van der Waals surface area (Å²) in [6, 6.07) is 2.79. The maximum Gasteiger partial charge on any atom is 0.339 e. The quantitative estimate of drug-likeness (QED) is 0.792. The number of halogens is 2. The Labute approximate surface area is 120 Å². The summed E-state index contributed by atoms with van der Waals surface area (Å²) in [7, 11) is 0. The van der Waals surface area contributed by atoms with E-state index in [9.17, 15) is 9.59 Å². The number of carboxylic acids is 1. The molecule has 0 spiro atoms. The summed E-state index contributed by atoms with van der Waals surface area (Å²) in [4.78, 5) is 22.8. The predicted octanol–water partition coefficient (Wildman–Crippen LogP) is 3.06. The number of hydrogen-bond donors (Lipinski definition) is 2. The van der Waals surface area contributed by atoms with Crippen LogP contribution in [0.1, 0.15) is 23.7 Å². The molecule has 0 aliphatic carbocycles. The smallest absolute Gasteiger partial charge is 0.339 e. The van der Waals surface area contributed by atoms with Gasteiger partial charge in [0.15, 0.2) is 0 Å². The molecule has 1 aromatic carbocycles. The lowest BCUT2D eigenvalue weighted by atomic mass is 10.1. The van der Waals surface area contributed by atoms with Crippen LogP contribution in [-0.4, -0.2) is 30.2 Å². The normalized spacial score (nSPS) is 10.3. The van der Waals surface area contributed by atoms with E-state index in [-0.39, 0.29) is 40.2 Å². The van der Waals surface area contributed by atoms with Crippen molar-refractivity contribution in [3.63, 3.8) is 0 Å². The number of rotatable bonds is 6. The third-order valence-corrected chi connectivity index (χ3v) is 2.89. The van der Waals surface area contributed by atoms with Crippen molar-refractivity contribution in [3.05, 3.63) is 27.7 Å². The molecule has 0 saturated heterocycles. The Kier molecular flexibility index (Phi) is 6.08. The van der Waals surface area contributed by atoms with Crippen LogP contribution in [-0.2, 0) is 9.53 Å². The Hall–Kier alpha value is -1.30. The van der Waals surface area contributed by atoms with Gasteiger partial charge in [0.2, 0.25) is 5.91 Å². The molecule has 0 saturated carbocycles. The zero-order chi connectivity index (χ0) is 14.4. The van der Waals surface area contributed by atoms with Gasteiger partial charge in [0.25, 0.3) is 0 Å². The predicted molar refractivity (Wildman–Crippen MR) is 73.2 cm³/mol. The lowest BCUT2D eigenvalue weighted by Crippen LogP contribution is -2.17. The van der Waals surface area contributed by atoms with Crippen molar-refractivity contribution < 1.29 is 19.4 Å². The van der Waals surface area contributed by atoms with Gasteiger partial charge in [-0.05, 0) is 19.1 Å². The Morgan fingerprint density at radius 1 is 1.32 bits per heavy atom. The standard InChI is InChI=1S/C12H13Cl2NO4/c1-2-19-6-5-9(16)15-11-8(14)4-3-7(13)10(11)12(17)18/h3-4H,2,5-6H2,1H3,(H,15,16)(H,17,18). The number of carbonyl (C=O) groups excluding carboxylic acids is 1. The van der Waals surface area contributed by atoms with Crippen molar-refractivity contribution >= 4 is 40.8 Å². The average Bonchev–Trinajstić information content (AvgIpc) is 2.34. The number of ether oxygens (including phenoxy) is 1. The van der Waals surface area contributed by atoms with Gasteiger partial charge in [-0.25, -0.2) is 4.79 Å². The van der Waals surface area contributed by atoms with E-state index in [1.54, 1.807) is 0 Å². The van der Waals surface area contributed by atoms with Gasteiger partial charge in [0.05, 0.1) is 28.8 Å². The molecule has 0 aliphatic heterocycles. The second-order valence-electron chi connectivity index (χ2n) is 3.58. The highest BCUT2D eigenvalue weighted by Crippen LogP contribution is 2.31. The molecule has 0 aromatic heterocycles. The minimum Gasteiger partial charge on any atom is -0.478 e. The average molecular weight is 306 g/mol. The molecule has 1 aromatic rings. The first kappa shape index (κ1) is 15.8. The molecule has 1 rings (SSSR count). The van der Waals surface area contributed by atoms with Crippen LogP contribution in [0.25, 0.3) is 0 Å². The highest BCUT2D eigenvalue weighted by molar-refractivity contribution is 6.38. The van der Waals surface area contributed by atoms with Gasteiger partial charge >= 0.3 is 5.97 Å². The number of anilines is 1. The summed E-state index contributed by atoms with van der Waals surface area (Å²) in [6.07, 6.45) is 0.107. The summed E-state index contributed by atoms with van der Waals surface area (Å²) >= 11 is 11.7. The SMILES string of the molecule is CCOCCC(=O)Nc1c(Cl)ccc(Cl)c1C(=O)O. The largest absolute Gasteiger partial charge is 0.478 e. The van der Waals surface area contributed by atoms with Gasteiger partial charge in [-0.3, -0.25) is 4.79 Å². The van der Waals surface area contributed by atoms with Gasteiger partial charge in [0.1, 0.15) is 5.56 Å². The van der Waals surface area contributed by atoms with Crippen molar-refractivity contribution in [3.8, 4) is 0 Å². The summed E-state index contributed by atoms with van der Waals surface area (Å²) in [6.45, 7) is 2.57. The molecule has 2 N–H and O–H groups in total. The van der Waals surface area contributed by atoms with Crippen molar-refractivity contribution in [1.29, 1.82) is 0 Å². The van der Waals surface area contributed by atoms with Gasteiger partial charge in [-0.1, -0.05) is 23.2 Å². The monoisotopic (exact) mass is 305 g/mol.